The summed E-state index contributed by atoms with van der Waals surface area (Å²) >= 11 is 0. The summed E-state index contributed by atoms with van der Waals surface area (Å²) in [5, 5.41) is 5.84. The first-order chi connectivity index (χ1) is 10.6. The van der Waals surface area contributed by atoms with Gasteiger partial charge >= 0.3 is 0 Å². The van der Waals surface area contributed by atoms with Gasteiger partial charge in [0, 0.05) is 18.7 Å². The van der Waals surface area contributed by atoms with Crippen molar-refractivity contribution in [3.05, 3.63) is 53.7 Å². The van der Waals surface area contributed by atoms with Gasteiger partial charge in [-0.2, -0.15) is 0 Å². The summed E-state index contributed by atoms with van der Waals surface area (Å²) in [7, 11) is 0. The number of nitrogens with zero attached hydrogens (tertiary/aromatic N) is 2. The highest BCUT2D eigenvalue weighted by Gasteiger charge is 2.09. The quantitative estimate of drug-likeness (QED) is 0.860. The monoisotopic (exact) mass is 302 g/mol. The molecule has 2 rings (SSSR count). The third-order valence-electron chi connectivity index (χ3n) is 2.98. The fraction of sp³-hybridized carbons (Fsp3) is 0.312. The molecule has 1 amide bonds. The molecule has 0 aliphatic carbocycles. The molecule has 5 nitrogen and oxygen atoms in total. The summed E-state index contributed by atoms with van der Waals surface area (Å²) in [6.45, 7) is 4.28. The van der Waals surface area contributed by atoms with Crippen molar-refractivity contribution in [3.8, 4) is 0 Å². The van der Waals surface area contributed by atoms with Crippen LogP contribution in [-0.2, 0) is 6.42 Å². The van der Waals surface area contributed by atoms with Crippen molar-refractivity contribution in [2.75, 3.05) is 11.9 Å². The molecule has 0 fully saturated rings. The van der Waals surface area contributed by atoms with Crippen LogP contribution >= 0.6 is 0 Å². The second kappa shape index (κ2) is 7.49. The summed E-state index contributed by atoms with van der Waals surface area (Å²) in [6, 6.07) is 8.28. The summed E-state index contributed by atoms with van der Waals surface area (Å²) in [5.74, 6) is 0.0822. The number of carbonyl (C=O) groups excluding carboxylic acids is 1. The maximum atomic E-state index is 13.5. The minimum atomic E-state index is -0.241. The summed E-state index contributed by atoms with van der Waals surface area (Å²) in [6.07, 6.45) is 1.87. The van der Waals surface area contributed by atoms with E-state index in [1.807, 2.05) is 13.8 Å². The van der Waals surface area contributed by atoms with Gasteiger partial charge in [0.2, 0.25) is 0 Å². The van der Waals surface area contributed by atoms with E-state index in [9.17, 15) is 9.18 Å². The second-order valence-corrected chi connectivity index (χ2v) is 5.18. The Labute approximate surface area is 129 Å². The normalized spacial score (nSPS) is 10.5. The van der Waals surface area contributed by atoms with Crippen molar-refractivity contribution < 1.29 is 9.18 Å². The van der Waals surface area contributed by atoms with E-state index in [-0.39, 0.29) is 17.8 Å². The van der Waals surface area contributed by atoms with Gasteiger partial charge < -0.3 is 10.6 Å². The molecule has 0 unspecified atom stereocenters. The number of aromatic nitrogens is 2. The van der Waals surface area contributed by atoms with E-state index < -0.39 is 0 Å². The minimum absolute atomic E-state index is 0.0416. The van der Waals surface area contributed by atoms with E-state index in [4.69, 9.17) is 0 Å². The number of anilines is 1. The van der Waals surface area contributed by atoms with Crippen LogP contribution in [0, 0.1) is 5.82 Å². The lowest BCUT2D eigenvalue weighted by atomic mass is 10.1. The Balaban J connectivity index is 1.93. The van der Waals surface area contributed by atoms with Gasteiger partial charge in [0.15, 0.2) is 0 Å². The molecule has 116 valence electrons. The van der Waals surface area contributed by atoms with Gasteiger partial charge in [0.25, 0.3) is 5.91 Å². The van der Waals surface area contributed by atoms with Crippen molar-refractivity contribution in [1.29, 1.82) is 0 Å². The van der Waals surface area contributed by atoms with Crippen LogP contribution in [0.1, 0.15) is 29.9 Å². The van der Waals surface area contributed by atoms with Crippen LogP contribution in [0.15, 0.2) is 36.7 Å². The average Bonchev–Trinajstić information content (AvgIpc) is 2.49. The van der Waals surface area contributed by atoms with E-state index >= 15 is 0 Å². The molecule has 0 aliphatic rings. The van der Waals surface area contributed by atoms with E-state index in [0.29, 0.717) is 30.0 Å². The van der Waals surface area contributed by atoms with Crippen LogP contribution in [-0.4, -0.2) is 28.5 Å². The molecule has 6 heteroatoms. The number of halogens is 1. The molecular formula is C16H19FN4O. The summed E-state index contributed by atoms with van der Waals surface area (Å²) < 4.78 is 13.5. The molecule has 0 saturated carbocycles. The largest absolute Gasteiger partial charge is 0.370 e. The van der Waals surface area contributed by atoms with Crippen molar-refractivity contribution in [3.63, 3.8) is 0 Å². The molecule has 1 heterocycles. The molecule has 22 heavy (non-hydrogen) atoms. The molecule has 0 aliphatic heterocycles. The highest BCUT2D eigenvalue weighted by atomic mass is 19.1. The SMILES string of the molecule is CC(C)NC(=O)c1cc(NCCc2ccccc2F)ncn1. The van der Waals surface area contributed by atoms with E-state index in [2.05, 4.69) is 20.6 Å². The first-order valence-corrected chi connectivity index (χ1v) is 7.16. The second-order valence-electron chi connectivity index (χ2n) is 5.18. The lowest BCUT2D eigenvalue weighted by Gasteiger charge is -2.09. The van der Waals surface area contributed by atoms with Gasteiger partial charge in [-0.15, -0.1) is 0 Å². The van der Waals surface area contributed by atoms with Gasteiger partial charge in [-0.1, -0.05) is 18.2 Å². The predicted molar refractivity (Wildman–Crippen MR) is 83.2 cm³/mol. The van der Waals surface area contributed by atoms with E-state index in [0.717, 1.165) is 0 Å². The summed E-state index contributed by atoms with van der Waals surface area (Å²) in [4.78, 5) is 19.9. The fourth-order valence-electron chi connectivity index (χ4n) is 1.94. The number of benzene rings is 1. The first kappa shape index (κ1) is 15.9. The smallest absolute Gasteiger partial charge is 0.270 e. The molecule has 1 aromatic heterocycles. The number of rotatable bonds is 6. The van der Waals surface area contributed by atoms with Crippen LogP contribution in [0.3, 0.4) is 0 Å². The maximum absolute atomic E-state index is 13.5. The molecular weight excluding hydrogens is 283 g/mol. The maximum Gasteiger partial charge on any atom is 0.270 e. The Morgan fingerprint density at radius 2 is 2.05 bits per heavy atom. The number of nitrogens with one attached hydrogen (secondary N) is 2. The fourth-order valence-corrected chi connectivity index (χ4v) is 1.94. The van der Waals surface area contributed by atoms with Gasteiger partial charge in [0.1, 0.15) is 23.7 Å². The number of amides is 1. The highest BCUT2D eigenvalue weighted by molar-refractivity contribution is 5.92. The molecule has 2 aromatic rings. The topological polar surface area (TPSA) is 66.9 Å². The molecule has 0 atom stereocenters. The Morgan fingerprint density at radius 1 is 1.27 bits per heavy atom. The van der Waals surface area contributed by atoms with Crippen molar-refractivity contribution in [2.24, 2.45) is 0 Å². The standard InChI is InChI=1S/C16H19FN4O/c1-11(2)21-16(22)14-9-15(20-10-19-14)18-8-7-12-5-3-4-6-13(12)17/h3-6,9-11H,7-8H2,1-2H3,(H,21,22)(H,18,19,20). The van der Waals surface area contributed by atoms with Crippen LogP contribution in [0.5, 0.6) is 0 Å². The third-order valence-corrected chi connectivity index (χ3v) is 2.98. The van der Waals surface area contributed by atoms with Crippen molar-refractivity contribution in [1.82, 2.24) is 15.3 Å². The zero-order valence-corrected chi connectivity index (χ0v) is 12.6. The lowest BCUT2D eigenvalue weighted by Crippen LogP contribution is -2.30. The van der Waals surface area contributed by atoms with Crippen LogP contribution in [0.4, 0.5) is 10.2 Å². The minimum Gasteiger partial charge on any atom is -0.370 e. The molecule has 0 spiro atoms. The molecule has 0 saturated heterocycles. The van der Waals surface area contributed by atoms with Gasteiger partial charge in [0.05, 0.1) is 0 Å². The van der Waals surface area contributed by atoms with E-state index in [1.165, 1.54) is 12.4 Å². The van der Waals surface area contributed by atoms with Crippen molar-refractivity contribution >= 4 is 11.7 Å². The van der Waals surface area contributed by atoms with Gasteiger partial charge in [-0.25, -0.2) is 14.4 Å². The average molecular weight is 302 g/mol. The Hall–Kier alpha value is -2.50. The summed E-state index contributed by atoms with van der Waals surface area (Å²) in [5.41, 5.74) is 0.943. The Morgan fingerprint density at radius 3 is 2.77 bits per heavy atom. The zero-order valence-electron chi connectivity index (χ0n) is 12.6. The predicted octanol–water partition coefficient (Wildman–Crippen LogP) is 2.41. The van der Waals surface area contributed by atoms with Crippen LogP contribution in [0.2, 0.25) is 0 Å². The number of carbonyl (C=O) groups is 1. The van der Waals surface area contributed by atoms with E-state index in [1.54, 1.807) is 24.3 Å². The molecule has 0 radical (unpaired) electrons. The Kier molecular flexibility index (Phi) is 5.41. The number of hydrogen-bond donors (Lipinski definition) is 2. The molecule has 0 bridgehead atoms. The first-order valence-electron chi connectivity index (χ1n) is 7.16. The van der Waals surface area contributed by atoms with Gasteiger partial charge in [-0.3, -0.25) is 4.79 Å². The van der Waals surface area contributed by atoms with Crippen molar-refractivity contribution in [2.45, 2.75) is 26.3 Å². The molecule has 1 aromatic carbocycles. The lowest BCUT2D eigenvalue weighted by molar-refractivity contribution is 0.0938. The molecule has 2 N–H and O–H groups in total. The third kappa shape index (κ3) is 4.51. The van der Waals surface area contributed by atoms with Crippen LogP contribution < -0.4 is 10.6 Å². The highest BCUT2D eigenvalue weighted by Crippen LogP contribution is 2.08. The van der Waals surface area contributed by atoms with Gasteiger partial charge in [-0.05, 0) is 31.9 Å². The number of hydrogen-bond acceptors (Lipinski definition) is 4. The van der Waals surface area contributed by atoms with Crippen LogP contribution in [0.25, 0.3) is 0 Å². The Bertz CT molecular complexity index is 646. The zero-order chi connectivity index (χ0) is 15.9.